The minimum atomic E-state index is -1.50. The first-order valence-electron chi connectivity index (χ1n) is 20.6. The summed E-state index contributed by atoms with van der Waals surface area (Å²) in [7, 11) is -2.84. The number of benzene rings is 5. The van der Waals surface area contributed by atoms with Crippen LogP contribution in [0.2, 0.25) is 39.3 Å². The molecular formula is C52H57IrN3Si2-2. The van der Waals surface area contributed by atoms with Gasteiger partial charge in [-0.05, 0) is 64.3 Å². The second-order valence-electron chi connectivity index (χ2n) is 18.4. The van der Waals surface area contributed by atoms with E-state index in [0.717, 1.165) is 41.0 Å². The molecule has 299 valence electrons. The molecule has 8 aromatic rings. The van der Waals surface area contributed by atoms with Gasteiger partial charge in [0, 0.05) is 54.3 Å². The molecule has 0 unspecified atom stereocenters. The van der Waals surface area contributed by atoms with Gasteiger partial charge in [-0.2, -0.15) is 0 Å². The van der Waals surface area contributed by atoms with E-state index in [1.807, 2.05) is 18.2 Å². The Morgan fingerprint density at radius 2 is 1.02 bits per heavy atom. The van der Waals surface area contributed by atoms with Gasteiger partial charge in [-0.1, -0.05) is 162 Å². The Morgan fingerprint density at radius 1 is 0.552 bits per heavy atom. The summed E-state index contributed by atoms with van der Waals surface area (Å²) in [5.41, 5.74) is 10.7. The van der Waals surface area contributed by atoms with Gasteiger partial charge < -0.3 is 14.5 Å². The molecule has 3 aromatic heterocycles. The van der Waals surface area contributed by atoms with E-state index in [1.54, 1.807) is 0 Å². The van der Waals surface area contributed by atoms with Gasteiger partial charge in [-0.3, -0.25) is 0 Å². The summed E-state index contributed by atoms with van der Waals surface area (Å²) in [5, 5.41) is 7.90. The molecule has 0 spiro atoms. The summed E-state index contributed by atoms with van der Waals surface area (Å²) >= 11 is 0. The SMILES string of the molecule is CC(C)Cc1cc(-c2[c-]cc(-n3c4ccccc4c4ccccc43)c3ccccc23)ncc1[Si](C)(C)C.CC(C)Cc1cc(-c2[c-]cccc2)ncc1[Si](C)(C)C.[Ir]. The van der Waals surface area contributed by atoms with Crippen molar-refractivity contribution in [1.29, 1.82) is 0 Å². The molecular weight excluding hydrogens is 915 g/mol. The molecule has 0 amide bonds. The molecule has 0 aliphatic rings. The largest absolute Gasteiger partial charge is 0.350 e. The minimum absolute atomic E-state index is 0. The average Bonchev–Trinajstić information content (AvgIpc) is 3.51. The van der Waals surface area contributed by atoms with Crippen molar-refractivity contribution >= 4 is 59.1 Å². The zero-order valence-corrected chi connectivity index (χ0v) is 40.3. The quantitative estimate of drug-likeness (QED) is 0.107. The number of fused-ring (bicyclic) bond motifs is 4. The molecule has 0 N–H and O–H groups in total. The van der Waals surface area contributed by atoms with Crippen molar-refractivity contribution in [3.8, 4) is 28.2 Å². The number of nitrogens with zero attached hydrogens (tertiary/aromatic N) is 3. The van der Waals surface area contributed by atoms with Crippen molar-refractivity contribution in [3.63, 3.8) is 0 Å². The molecule has 6 heteroatoms. The van der Waals surface area contributed by atoms with Crippen LogP contribution >= 0.6 is 0 Å². The Balaban J connectivity index is 0.000000230. The van der Waals surface area contributed by atoms with Gasteiger partial charge >= 0.3 is 0 Å². The smallest absolute Gasteiger partial charge is 0.0798 e. The van der Waals surface area contributed by atoms with Crippen LogP contribution in [0, 0.1) is 24.0 Å². The van der Waals surface area contributed by atoms with Crippen LogP contribution in [0.25, 0.3) is 60.8 Å². The number of hydrogen-bond acceptors (Lipinski definition) is 2. The molecule has 58 heavy (non-hydrogen) atoms. The predicted molar refractivity (Wildman–Crippen MR) is 252 cm³/mol. The first-order chi connectivity index (χ1) is 27.2. The molecule has 0 bridgehead atoms. The molecule has 0 aliphatic heterocycles. The summed E-state index contributed by atoms with van der Waals surface area (Å²) in [4.78, 5) is 9.71. The van der Waals surface area contributed by atoms with Crippen LogP contribution in [0.1, 0.15) is 38.8 Å². The maximum atomic E-state index is 5.02. The molecule has 0 saturated heterocycles. The standard InChI is InChI=1S/C34H33N2Si.C18H24NSi.Ir/c1-23(2)20-24-21-30(35-22-34(24)37(3,4)5)26-18-19-33(27-13-7-6-12-25(26)27)36-31-16-10-8-14-28(31)29-15-9-11-17-32(29)36;1-14(2)11-16-12-17(15-9-7-6-8-10-15)19-13-18(16)20(3,4)5;/h6-17,19,21-23H,20H2,1-5H3;6-9,12-14H,11H2,1-5H3;/q2*-1;. The topological polar surface area (TPSA) is 30.7 Å². The molecule has 0 saturated carbocycles. The minimum Gasteiger partial charge on any atom is -0.350 e. The second kappa shape index (κ2) is 17.8. The number of pyridine rings is 2. The summed E-state index contributed by atoms with van der Waals surface area (Å²) < 4.78 is 2.39. The maximum absolute atomic E-state index is 5.02. The van der Waals surface area contributed by atoms with Gasteiger partial charge in [0.05, 0.1) is 16.1 Å². The fraction of sp³-hybridized carbons (Fsp3) is 0.269. The average molecular weight is 972 g/mol. The van der Waals surface area contributed by atoms with E-state index in [1.165, 1.54) is 54.1 Å². The van der Waals surface area contributed by atoms with Crippen LogP contribution in [0.4, 0.5) is 0 Å². The number of para-hydroxylation sites is 2. The van der Waals surface area contributed by atoms with Gasteiger partial charge in [0.15, 0.2) is 0 Å². The van der Waals surface area contributed by atoms with Crippen LogP contribution in [-0.4, -0.2) is 30.7 Å². The summed E-state index contributed by atoms with van der Waals surface area (Å²) in [6.07, 6.45) is 6.47. The van der Waals surface area contributed by atoms with Gasteiger partial charge in [0.1, 0.15) is 0 Å². The predicted octanol–water partition coefficient (Wildman–Crippen LogP) is 12.8. The van der Waals surface area contributed by atoms with E-state index in [9.17, 15) is 0 Å². The Kier molecular flexibility index (Phi) is 13.2. The van der Waals surface area contributed by atoms with Crippen molar-refractivity contribution < 1.29 is 20.1 Å². The van der Waals surface area contributed by atoms with Crippen molar-refractivity contribution in [3.05, 3.63) is 151 Å². The molecule has 0 atom stereocenters. The van der Waals surface area contributed by atoms with Crippen LogP contribution < -0.4 is 10.4 Å². The summed E-state index contributed by atoms with van der Waals surface area (Å²) in [5.74, 6) is 1.27. The maximum Gasteiger partial charge on any atom is 0.0798 e. The first-order valence-corrected chi connectivity index (χ1v) is 27.6. The Morgan fingerprint density at radius 3 is 1.52 bits per heavy atom. The van der Waals surface area contributed by atoms with Gasteiger partial charge in [0.2, 0.25) is 0 Å². The molecule has 0 fully saturated rings. The third-order valence-corrected chi connectivity index (χ3v) is 14.9. The van der Waals surface area contributed by atoms with Crippen LogP contribution in [0.3, 0.4) is 0 Å². The number of hydrogen-bond donors (Lipinski definition) is 0. The first kappa shape index (κ1) is 43.1. The van der Waals surface area contributed by atoms with Crippen LogP contribution in [0.5, 0.6) is 0 Å². The summed E-state index contributed by atoms with van der Waals surface area (Å²) in [6.45, 7) is 23.6. The number of rotatable bonds is 9. The van der Waals surface area contributed by atoms with E-state index < -0.39 is 16.1 Å². The fourth-order valence-electron chi connectivity index (χ4n) is 8.20. The normalized spacial score (nSPS) is 11.9. The Labute approximate surface area is 362 Å². The van der Waals surface area contributed by atoms with E-state index in [2.05, 4.69) is 198 Å². The summed E-state index contributed by atoms with van der Waals surface area (Å²) in [6, 6.07) is 47.9. The van der Waals surface area contributed by atoms with Crippen molar-refractivity contribution in [1.82, 2.24) is 14.5 Å². The number of aromatic nitrogens is 3. The van der Waals surface area contributed by atoms with Crippen molar-refractivity contribution in [2.75, 3.05) is 0 Å². The molecule has 3 heterocycles. The van der Waals surface area contributed by atoms with Crippen molar-refractivity contribution in [2.24, 2.45) is 11.8 Å². The van der Waals surface area contributed by atoms with Crippen LogP contribution in [-0.2, 0) is 32.9 Å². The van der Waals surface area contributed by atoms with Crippen LogP contribution in [0.15, 0.2) is 128 Å². The monoisotopic (exact) mass is 972 g/mol. The zero-order valence-electron chi connectivity index (χ0n) is 35.9. The molecule has 8 rings (SSSR count). The fourth-order valence-corrected chi connectivity index (χ4v) is 11.4. The van der Waals surface area contributed by atoms with E-state index in [-0.39, 0.29) is 20.1 Å². The molecule has 0 aliphatic carbocycles. The van der Waals surface area contributed by atoms with Gasteiger partial charge in [-0.15, -0.1) is 53.6 Å². The third kappa shape index (κ3) is 9.21. The Hall–Kier alpha value is -4.46. The van der Waals surface area contributed by atoms with E-state index in [0.29, 0.717) is 11.8 Å². The van der Waals surface area contributed by atoms with E-state index in [4.69, 9.17) is 4.98 Å². The van der Waals surface area contributed by atoms with Gasteiger partial charge in [0.25, 0.3) is 0 Å². The molecule has 1 radical (unpaired) electrons. The van der Waals surface area contributed by atoms with Gasteiger partial charge in [-0.25, -0.2) is 0 Å². The second-order valence-corrected chi connectivity index (χ2v) is 28.5. The molecule has 3 nitrogen and oxygen atoms in total. The Bertz CT molecular complexity index is 2610. The third-order valence-electron chi connectivity index (χ3n) is 10.7. The zero-order chi connectivity index (χ0) is 40.5. The van der Waals surface area contributed by atoms with E-state index >= 15 is 0 Å². The molecule has 5 aromatic carbocycles. The van der Waals surface area contributed by atoms with Crippen molar-refractivity contribution in [2.45, 2.75) is 79.8 Å².